The lowest BCUT2D eigenvalue weighted by molar-refractivity contribution is -0.0587. The van der Waals surface area contributed by atoms with Crippen LogP contribution in [-0.4, -0.2) is 59.3 Å². The van der Waals surface area contributed by atoms with Crippen LogP contribution in [0.25, 0.3) is 0 Å². The second kappa shape index (κ2) is 5.48. The van der Waals surface area contributed by atoms with Gasteiger partial charge in [-0.1, -0.05) is 0 Å². The van der Waals surface area contributed by atoms with E-state index in [9.17, 15) is 5.11 Å². The van der Waals surface area contributed by atoms with Crippen molar-refractivity contribution in [1.82, 2.24) is 9.80 Å². The molecule has 1 saturated heterocycles. The summed E-state index contributed by atoms with van der Waals surface area (Å²) in [7, 11) is 2.10. The molecule has 0 aromatic rings. The third-order valence-electron chi connectivity index (χ3n) is 3.55. The molecule has 16 heavy (non-hydrogen) atoms. The predicted octanol–water partition coefficient (Wildman–Crippen LogP) is 1.56. The lowest BCUT2D eigenvalue weighted by Crippen LogP contribution is -2.55. The smallest absolute Gasteiger partial charge is 0.0900 e. The Morgan fingerprint density at radius 3 is 2.25 bits per heavy atom. The number of rotatable bonds is 4. The first-order valence-electron chi connectivity index (χ1n) is 6.51. The van der Waals surface area contributed by atoms with Crippen molar-refractivity contribution in [3.63, 3.8) is 0 Å². The van der Waals surface area contributed by atoms with E-state index in [0.29, 0.717) is 12.1 Å². The lowest BCUT2D eigenvalue weighted by atomic mass is 9.91. The van der Waals surface area contributed by atoms with Gasteiger partial charge in [-0.2, -0.15) is 0 Å². The van der Waals surface area contributed by atoms with Crippen LogP contribution in [-0.2, 0) is 0 Å². The van der Waals surface area contributed by atoms with Crippen LogP contribution in [0.5, 0.6) is 0 Å². The monoisotopic (exact) mass is 228 g/mol. The first kappa shape index (κ1) is 13.9. The van der Waals surface area contributed by atoms with Crippen LogP contribution in [0.2, 0.25) is 0 Å². The third kappa shape index (κ3) is 3.72. The Balaban J connectivity index is 2.61. The normalized spacial score (nSPS) is 28.3. The van der Waals surface area contributed by atoms with Crippen molar-refractivity contribution < 1.29 is 5.11 Å². The fourth-order valence-corrected chi connectivity index (χ4v) is 2.77. The maximum atomic E-state index is 10.6. The fraction of sp³-hybridized carbons (Fsp3) is 1.00. The predicted molar refractivity (Wildman–Crippen MR) is 68.7 cm³/mol. The van der Waals surface area contributed by atoms with E-state index in [2.05, 4.69) is 44.5 Å². The minimum absolute atomic E-state index is 0.497. The molecule has 1 atom stereocenters. The second-order valence-corrected chi connectivity index (χ2v) is 5.93. The highest BCUT2D eigenvalue weighted by Gasteiger charge is 2.34. The molecular weight excluding hydrogens is 200 g/mol. The summed E-state index contributed by atoms with van der Waals surface area (Å²) in [6.07, 6.45) is 2.05. The Morgan fingerprint density at radius 2 is 1.81 bits per heavy atom. The van der Waals surface area contributed by atoms with Gasteiger partial charge in [-0.25, -0.2) is 0 Å². The fourth-order valence-electron chi connectivity index (χ4n) is 2.77. The largest absolute Gasteiger partial charge is 0.387 e. The summed E-state index contributed by atoms with van der Waals surface area (Å²) in [4.78, 5) is 4.63. The lowest BCUT2D eigenvalue weighted by Gasteiger charge is -2.43. The second-order valence-electron chi connectivity index (χ2n) is 5.93. The molecular formula is C13H28N2O. The van der Waals surface area contributed by atoms with Crippen molar-refractivity contribution in [2.75, 3.05) is 26.7 Å². The summed E-state index contributed by atoms with van der Waals surface area (Å²) in [5.74, 6) is 0. The molecule has 1 rings (SSSR count). The SMILES string of the molecule is CC(C)N(CC1(O)CCCN(C)C1)C(C)C. The molecule has 1 fully saturated rings. The van der Waals surface area contributed by atoms with Crippen molar-refractivity contribution in [2.24, 2.45) is 0 Å². The zero-order valence-corrected chi connectivity index (χ0v) is 11.5. The quantitative estimate of drug-likeness (QED) is 0.791. The number of likely N-dealkylation sites (tertiary alicyclic amines) is 1. The van der Waals surface area contributed by atoms with Gasteiger partial charge in [-0.3, -0.25) is 4.90 Å². The number of likely N-dealkylation sites (N-methyl/N-ethyl adjacent to an activating group) is 1. The molecule has 3 heteroatoms. The maximum Gasteiger partial charge on any atom is 0.0900 e. The van der Waals surface area contributed by atoms with E-state index in [-0.39, 0.29) is 0 Å². The van der Waals surface area contributed by atoms with Gasteiger partial charge in [0.2, 0.25) is 0 Å². The summed E-state index contributed by atoms with van der Waals surface area (Å²) >= 11 is 0. The summed E-state index contributed by atoms with van der Waals surface area (Å²) in [5, 5.41) is 10.6. The molecule has 0 spiro atoms. The van der Waals surface area contributed by atoms with E-state index in [4.69, 9.17) is 0 Å². The van der Waals surface area contributed by atoms with Crippen molar-refractivity contribution in [3.05, 3.63) is 0 Å². The van der Waals surface area contributed by atoms with Gasteiger partial charge in [0.05, 0.1) is 5.60 Å². The topological polar surface area (TPSA) is 26.7 Å². The molecule has 1 unspecified atom stereocenters. The van der Waals surface area contributed by atoms with Crippen LogP contribution < -0.4 is 0 Å². The molecule has 0 bridgehead atoms. The summed E-state index contributed by atoms with van der Waals surface area (Å²) in [6, 6.07) is 0.993. The molecule has 1 heterocycles. The highest BCUT2D eigenvalue weighted by Crippen LogP contribution is 2.23. The van der Waals surface area contributed by atoms with Gasteiger partial charge in [-0.05, 0) is 54.1 Å². The third-order valence-corrected chi connectivity index (χ3v) is 3.55. The van der Waals surface area contributed by atoms with E-state index in [0.717, 1.165) is 32.5 Å². The number of piperidine rings is 1. The molecule has 0 aromatic carbocycles. The molecule has 1 aliphatic rings. The van der Waals surface area contributed by atoms with Gasteiger partial charge in [0.1, 0.15) is 0 Å². The van der Waals surface area contributed by atoms with Crippen molar-refractivity contribution in [2.45, 2.75) is 58.2 Å². The van der Waals surface area contributed by atoms with Gasteiger partial charge in [0, 0.05) is 25.2 Å². The standard InChI is InChI=1S/C13H28N2O/c1-11(2)15(12(3)4)10-13(16)7-6-8-14(5)9-13/h11-12,16H,6-10H2,1-5H3. The van der Waals surface area contributed by atoms with Gasteiger partial charge in [0.15, 0.2) is 0 Å². The maximum absolute atomic E-state index is 10.6. The minimum Gasteiger partial charge on any atom is -0.387 e. The van der Waals surface area contributed by atoms with E-state index in [1.54, 1.807) is 0 Å². The summed E-state index contributed by atoms with van der Waals surface area (Å²) < 4.78 is 0. The number of β-amino-alcohol motifs (C(OH)–C–C–N with tert-alkyl or cyclic N) is 1. The number of aliphatic hydroxyl groups is 1. The van der Waals surface area contributed by atoms with Crippen molar-refractivity contribution in [1.29, 1.82) is 0 Å². The number of nitrogens with zero attached hydrogens (tertiary/aromatic N) is 2. The van der Waals surface area contributed by atoms with Gasteiger partial charge < -0.3 is 10.0 Å². The molecule has 3 nitrogen and oxygen atoms in total. The summed E-state index contributed by atoms with van der Waals surface area (Å²) in [6.45, 7) is 11.5. The minimum atomic E-state index is -0.512. The Labute approximate surface area is 100 Å². The Hall–Kier alpha value is -0.120. The van der Waals surface area contributed by atoms with Crippen LogP contribution in [0.4, 0.5) is 0 Å². The van der Waals surface area contributed by atoms with E-state index in [1.807, 2.05) is 0 Å². The van der Waals surface area contributed by atoms with Crippen molar-refractivity contribution in [3.8, 4) is 0 Å². The van der Waals surface area contributed by atoms with E-state index >= 15 is 0 Å². The van der Waals surface area contributed by atoms with Gasteiger partial charge in [-0.15, -0.1) is 0 Å². The zero-order valence-electron chi connectivity index (χ0n) is 11.5. The van der Waals surface area contributed by atoms with Gasteiger partial charge in [0.25, 0.3) is 0 Å². The van der Waals surface area contributed by atoms with Crippen LogP contribution in [0.1, 0.15) is 40.5 Å². The molecule has 0 aromatic heterocycles. The first-order chi connectivity index (χ1) is 7.34. The number of hydrogen-bond donors (Lipinski definition) is 1. The molecule has 1 N–H and O–H groups in total. The average molecular weight is 228 g/mol. The highest BCUT2D eigenvalue weighted by atomic mass is 16.3. The molecule has 0 aliphatic carbocycles. The van der Waals surface area contributed by atoms with Crippen LogP contribution >= 0.6 is 0 Å². The van der Waals surface area contributed by atoms with E-state index in [1.165, 1.54) is 0 Å². The molecule has 0 amide bonds. The van der Waals surface area contributed by atoms with Gasteiger partial charge >= 0.3 is 0 Å². The Bertz CT molecular complexity index is 210. The molecule has 0 radical (unpaired) electrons. The number of hydrogen-bond acceptors (Lipinski definition) is 3. The van der Waals surface area contributed by atoms with Crippen molar-refractivity contribution >= 4 is 0 Å². The zero-order chi connectivity index (χ0) is 12.3. The van der Waals surface area contributed by atoms with Crippen LogP contribution in [0.15, 0.2) is 0 Å². The van der Waals surface area contributed by atoms with Crippen LogP contribution in [0, 0.1) is 0 Å². The average Bonchev–Trinajstić information content (AvgIpc) is 2.13. The summed E-state index contributed by atoms with van der Waals surface area (Å²) in [5.41, 5.74) is -0.512. The van der Waals surface area contributed by atoms with E-state index < -0.39 is 5.60 Å². The molecule has 1 aliphatic heterocycles. The highest BCUT2D eigenvalue weighted by molar-refractivity contribution is 4.90. The van der Waals surface area contributed by atoms with Crippen LogP contribution in [0.3, 0.4) is 0 Å². The molecule has 0 saturated carbocycles. The molecule has 96 valence electrons. The first-order valence-corrected chi connectivity index (χ1v) is 6.51. The Morgan fingerprint density at radius 1 is 1.25 bits per heavy atom. The Kier molecular flexibility index (Phi) is 4.77.